The molecule has 7 heteroatoms. The first-order chi connectivity index (χ1) is 11.2. The number of hydrogen-bond acceptors (Lipinski definition) is 4. The van der Waals surface area contributed by atoms with Crippen molar-refractivity contribution in [1.29, 1.82) is 0 Å². The zero-order chi connectivity index (χ0) is 16.2. The van der Waals surface area contributed by atoms with Crippen LogP contribution in [0.2, 0.25) is 0 Å². The highest BCUT2D eigenvalue weighted by atomic mass is 16.5. The summed E-state index contributed by atoms with van der Waals surface area (Å²) in [5.41, 5.74) is 0.773. The van der Waals surface area contributed by atoms with E-state index in [9.17, 15) is 9.59 Å². The second-order valence-electron chi connectivity index (χ2n) is 5.59. The molecular weight excluding hydrogens is 296 g/mol. The molecule has 0 fully saturated rings. The second-order valence-corrected chi connectivity index (χ2v) is 5.59. The molecule has 1 aromatic carbocycles. The number of ether oxygens (including phenoxy) is 1. The Balaban J connectivity index is 1.59. The SMILES string of the molecule is COc1ccc(CNC(=O)Cn2nc3n(c2=O)CCCC3)cc1. The molecular formula is C16H20N4O3. The van der Waals surface area contributed by atoms with Crippen LogP contribution in [0.15, 0.2) is 29.1 Å². The van der Waals surface area contributed by atoms with Gasteiger partial charge in [0.25, 0.3) is 0 Å². The fraction of sp³-hybridized carbons (Fsp3) is 0.438. The van der Waals surface area contributed by atoms with Crippen molar-refractivity contribution in [1.82, 2.24) is 19.7 Å². The summed E-state index contributed by atoms with van der Waals surface area (Å²) in [6, 6.07) is 7.46. The summed E-state index contributed by atoms with van der Waals surface area (Å²) in [4.78, 5) is 24.2. The molecule has 0 saturated carbocycles. The highest BCUT2D eigenvalue weighted by Crippen LogP contribution is 2.11. The summed E-state index contributed by atoms with van der Waals surface area (Å²) in [7, 11) is 1.61. The number of carbonyl (C=O) groups is 1. The van der Waals surface area contributed by atoms with Gasteiger partial charge in [-0.15, -0.1) is 0 Å². The maximum Gasteiger partial charge on any atom is 0.346 e. The first kappa shape index (κ1) is 15.3. The van der Waals surface area contributed by atoms with Gasteiger partial charge >= 0.3 is 5.69 Å². The molecule has 3 rings (SSSR count). The van der Waals surface area contributed by atoms with Crippen molar-refractivity contribution in [2.24, 2.45) is 0 Å². The van der Waals surface area contributed by atoms with Gasteiger partial charge in [-0.25, -0.2) is 9.48 Å². The number of hydrogen-bond donors (Lipinski definition) is 1. The Bertz CT molecular complexity index is 746. The second kappa shape index (κ2) is 6.68. The van der Waals surface area contributed by atoms with Gasteiger partial charge in [-0.2, -0.15) is 5.10 Å². The molecule has 0 atom stereocenters. The van der Waals surface area contributed by atoms with Crippen LogP contribution in [0.5, 0.6) is 5.75 Å². The van der Waals surface area contributed by atoms with E-state index in [4.69, 9.17) is 4.74 Å². The third-order valence-electron chi connectivity index (χ3n) is 3.97. The molecule has 0 aliphatic carbocycles. The lowest BCUT2D eigenvalue weighted by atomic mass is 10.2. The number of rotatable bonds is 5. The van der Waals surface area contributed by atoms with Crippen LogP contribution < -0.4 is 15.7 Å². The number of aryl methyl sites for hydroxylation is 1. The molecule has 7 nitrogen and oxygen atoms in total. The van der Waals surface area contributed by atoms with E-state index in [2.05, 4.69) is 10.4 Å². The molecule has 1 aliphatic rings. The van der Waals surface area contributed by atoms with E-state index in [1.165, 1.54) is 4.68 Å². The van der Waals surface area contributed by atoms with Crippen LogP contribution in [0.1, 0.15) is 24.2 Å². The maximum atomic E-state index is 12.2. The third-order valence-corrected chi connectivity index (χ3v) is 3.97. The topological polar surface area (TPSA) is 78.2 Å². The molecule has 1 aromatic heterocycles. The summed E-state index contributed by atoms with van der Waals surface area (Å²) in [6.07, 6.45) is 2.83. The summed E-state index contributed by atoms with van der Waals surface area (Å²) >= 11 is 0. The van der Waals surface area contributed by atoms with Crippen molar-refractivity contribution in [3.63, 3.8) is 0 Å². The number of fused-ring (bicyclic) bond motifs is 1. The Morgan fingerprint density at radius 3 is 2.78 bits per heavy atom. The molecule has 0 radical (unpaired) electrons. The predicted molar refractivity (Wildman–Crippen MR) is 84.3 cm³/mol. The third kappa shape index (κ3) is 3.44. The summed E-state index contributed by atoms with van der Waals surface area (Å²) in [5, 5.41) is 7.06. The van der Waals surface area contributed by atoms with Gasteiger partial charge in [0.15, 0.2) is 0 Å². The normalized spacial score (nSPS) is 13.4. The first-order valence-corrected chi connectivity index (χ1v) is 7.73. The van der Waals surface area contributed by atoms with Crippen molar-refractivity contribution >= 4 is 5.91 Å². The van der Waals surface area contributed by atoms with Gasteiger partial charge < -0.3 is 10.1 Å². The number of nitrogens with zero attached hydrogens (tertiary/aromatic N) is 3. The molecule has 0 spiro atoms. The van der Waals surface area contributed by atoms with E-state index < -0.39 is 0 Å². The summed E-state index contributed by atoms with van der Waals surface area (Å²) in [6.45, 7) is 1.06. The molecule has 2 aromatic rings. The fourth-order valence-corrected chi connectivity index (χ4v) is 2.69. The van der Waals surface area contributed by atoms with Gasteiger partial charge in [0, 0.05) is 19.5 Å². The number of aromatic nitrogens is 3. The quantitative estimate of drug-likeness (QED) is 0.881. The minimum atomic E-state index is -0.224. The van der Waals surface area contributed by atoms with Gasteiger partial charge in [-0.3, -0.25) is 9.36 Å². The zero-order valence-corrected chi connectivity index (χ0v) is 13.1. The Morgan fingerprint density at radius 1 is 1.30 bits per heavy atom. The highest BCUT2D eigenvalue weighted by molar-refractivity contribution is 5.75. The molecule has 1 aliphatic heterocycles. The van der Waals surface area contributed by atoms with Crippen molar-refractivity contribution in [3.8, 4) is 5.75 Å². The van der Waals surface area contributed by atoms with Crippen LogP contribution in [0, 0.1) is 0 Å². The molecule has 0 bridgehead atoms. The molecule has 2 heterocycles. The fourth-order valence-electron chi connectivity index (χ4n) is 2.69. The standard InChI is InChI=1S/C16H20N4O3/c1-23-13-7-5-12(6-8-13)10-17-15(21)11-20-16(22)19-9-3-2-4-14(19)18-20/h5-8H,2-4,9-11H2,1H3,(H,17,21). The highest BCUT2D eigenvalue weighted by Gasteiger charge is 2.17. The minimum absolute atomic E-state index is 0.0466. The lowest BCUT2D eigenvalue weighted by Crippen LogP contribution is -2.33. The van der Waals surface area contributed by atoms with E-state index in [0.717, 1.165) is 36.4 Å². The molecule has 23 heavy (non-hydrogen) atoms. The Hall–Kier alpha value is -2.57. The van der Waals surface area contributed by atoms with Crippen LogP contribution in [0.3, 0.4) is 0 Å². The van der Waals surface area contributed by atoms with Crippen LogP contribution in [0.4, 0.5) is 0 Å². The van der Waals surface area contributed by atoms with Crippen molar-refractivity contribution in [3.05, 3.63) is 46.1 Å². The van der Waals surface area contributed by atoms with Crippen LogP contribution in [0.25, 0.3) is 0 Å². The smallest absolute Gasteiger partial charge is 0.346 e. The van der Waals surface area contributed by atoms with Gasteiger partial charge in [-0.05, 0) is 30.5 Å². The van der Waals surface area contributed by atoms with E-state index in [1.54, 1.807) is 11.7 Å². The van der Waals surface area contributed by atoms with Crippen LogP contribution in [-0.4, -0.2) is 27.4 Å². The molecule has 122 valence electrons. The molecule has 1 amide bonds. The van der Waals surface area contributed by atoms with Crippen molar-refractivity contribution < 1.29 is 9.53 Å². The van der Waals surface area contributed by atoms with E-state index >= 15 is 0 Å². The van der Waals surface area contributed by atoms with Gasteiger partial charge in [0.1, 0.15) is 18.1 Å². The lowest BCUT2D eigenvalue weighted by molar-refractivity contribution is -0.122. The van der Waals surface area contributed by atoms with E-state index in [-0.39, 0.29) is 18.1 Å². The molecule has 0 unspecified atom stereocenters. The number of nitrogens with one attached hydrogen (secondary N) is 1. The Labute approximate surface area is 133 Å². The number of amides is 1. The average molecular weight is 316 g/mol. The summed E-state index contributed by atoms with van der Waals surface area (Å²) < 4.78 is 8.01. The van der Waals surface area contributed by atoms with Crippen LogP contribution in [-0.2, 0) is 30.8 Å². The minimum Gasteiger partial charge on any atom is -0.497 e. The first-order valence-electron chi connectivity index (χ1n) is 7.73. The lowest BCUT2D eigenvalue weighted by Gasteiger charge is -2.09. The van der Waals surface area contributed by atoms with E-state index in [0.29, 0.717) is 13.1 Å². The van der Waals surface area contributed by atoms with Gasteiger partial charge in [0.2, 0.25) is 5.91 Å². The van der Waals surface area contributed by atoms with Crippen molar-refractivity contribution in [2.75, 3.05) is 7.11 Å². The molecule has 0 saturated heterocycles. The average Bonchev–Trinajstić information content (AvgIpc) is 2.90. The van der Waals surface area contributed by atoms with Gasteiger partial charge in [0.05, 0.1) is 7.11 Å². The van der Waals surface area contributed by atoms with Crippen LogP contribution >= 0.6 is 0 Å². The largest absolute Gasteiger partial charge is 0.497 e. The van der Waals surface area contributed by atoms with E-state index in [1.807, 2.05) is 24.3 Å². The maximum absolute atomic E-state index is 12.2. The Kier molecular flexibility index (Phi) is 4.45. The number of benzene rings is 1. The monoisotopic (exact) mass is 316 g/mol. The van der Waals surface area contributed by atoms with Crippen molar-refractivity contribution in [2.45, 2.75) is 38.9 Å². The number of carbonyl (C=O) groups excluding carboxylic acids is 1. The number of methoxy groups -OCH3 is 1. The summed E-state index contributed by atoms with van der Waals surface area (Å²) in [5.74, 6) is 1.33. The predicted octanol–water partition coefficient (Wildman–Crippen LogP) is 0.706. The molecule has 1 N–H and O–H groups in total. The van der Waals surface area contributed by atoms with Gasteiger partial charge in [-0.1, -0.05) is 12.1 Å². The Morgan fingerprint density at radius 2 is 2.09 bits per heavy atom. The zero-order valence-electron chi connectivity index (χ0n) is 13.1.